The minimum absolute atomic E-state index is 0.727. The maximum absolute atomic E-state index is 6.87. The van der Waals surface area contributed by atoms with Gasteiger partial charge in [0.15, 0.2) is 0 Å². The van der Waals surface area contributed by atoms with Crippen LogP contribution in [0.3, 0.4) is 0 Å². The second-order valence-electron chi connectivity index (χ2n) is 11.7. The predicted octanol–water partition coefficient (Wildman–Crippen LogP) is 12.2. The van der Waals surface area contributed by atoms with Crippen molar-refractivity contribution in [3.8, 4) is 11.1 Å². The van der Waals surface area contributed by atoms with E-state index < -0.39 is 0 Å². The molecule has 0 saturated heterocycles. The van der Waals surface area contributed by atoms with Gasteiger partial charge in [0.05, 0.1) is 11.4 Å². The van der Waals surface area contributed by atoms with Gasteiger partial charge < -0.3 is 15.5 Å². The van der Waals surface area contributed by atoms with E-state index in [2.05, 4.69) is 192 Å². The summed E-state index contributed by atoms with van der Waals surface area (Å²) in [6.45, 7) is 0. The Bertz CT molecular complexity index is 2300. The highest BCUT2D eigenvalue weighted by atomic mass is 15.1. The summed E-state index contributed by atoms with van der Waals surface area (Å²) in [5, 5.41) is 4.80. The summed E-state index contributed by atoms with van der Waals surface area (Å²) >= 11 is 0. The average molecular weight is 604 g/mol. The van der Waals surface area contributed by atoms with Crippen LogP contribution in [0.1, 0.15) is 0 Å². The molecular weight excluding hydrogens is 571 g/mol. The fourth-order valence-electron chi connectivity index (χ4n) is 6.56. The number of fused-ring (bicyclic) bond motifs is 2. The Morgan fingerprint density at radius 2 is 0.766 bits per heavy atom. The fraction of sp³-hybridized carbons (Fsp3) is 0. The van der Waals surface area contributed by atoms with Crippen molar-refractivity contribution in [2.45, 2.75) is 0 Å². The minimum Gasteiger partial charge on any atom is -0.398 e. The first-order valence-electron chi connectivity index (χ1n) is 15.9. The molecule has 0 spiro atoms. The van der Waals surface area contributed by atoms with Gasteiger partial charge in [0.2, 0.25) is 0 Å². The molecule has 0 aliphatic rings. The lowest BCUT2D eigenvalue weighted by atomic mass is 10.0. The Labute approximate surface area is 275 Å². The molecule has 8 rings (SSSR count). The highest BCUT2D eigenvalue weighted by Crippen LogP contribution is 2.42. The van der Waals surface area contributed by atoms with E-state index in [-0.39, 0.29) is 0 Å². The third-order valence-electron chi connectivity index (χ3n) is 8.77. The second-order valence-corrected chi connectivity index (χ2v) is 11.7. The summed E-state index contributed by atoms with van der Waals surface area (Å²) in [6.07, 6.45) is 0. The van der Waals surface area contributed by atoms with Gasteiger partial charge in [-0.05, 0) is 77.0 Å². The summed E-state index contributed by atoms with van der Waals surface area (Å²) in [6, 6.07) is 66.1. The van der Waals surface area contributed by atoms with Gasteiger partial charge in [0.25, 0.3) is 0 Å². The largest absolute Gasteiger partial charge is 0.398 e. The number of nitrogen functional groups attached to an aromatic ring is 1. The molecule has 8 aromatic rings. The molecule has 0 bridgehead atoms. The molecule has 0 aliphatic heterocycles. The van der Waals surface area contributed by atoms with E-state index in [4.69, 9.17) is 5.73 Å². The molecule has 3 nitrogen and oxygen atoms in total. The Kier molecular flexibility index (Phi) is 7.33. The van der Waals surface area contributed by atoms with Gasteiger partial charge >= 0.3 is 0 Å². The topological polar surface area (TPSA) is 32.5 Å². The summed E-state index contributed by atoms with van der Waals surface area (Å²) < 4.78 is 0. The summed E-state index contributed by atoms with van der Waals surface area (Å²) in [5.74, 6) is 0. The molecule has 47 heavy (non-hydrogen) atoms. The van der Waals surface area contributed by atoms with Crippen LogP contribution >= 0.6 is 0 Å². The van der Waals surface area contributed by atoms with Crippen molar-refractivity contribution in [3.63, 3.8) is 0 Å². The van der Waals surface area contributed by atoms with Crippen molar-refractivity contribution in [1.29, 1.82) is 0 Å². The Morgan fingerprint density at radius 1 is 0.340 bits per heavy atom. The van der Waals surface area contributed by atoms with Crippen molar-refractivity contribution in [2.24, 2.45) is 0 Å². The molecule has 0 saturated carbocycles. The molecule has 0 aliphatic carbocycles. The molecule has 224 valence electrons. The molecule has 8 aromatic carbocycles. The zero-order chi connectivity index (χ0) is 31.6. The Morgan fingerprint density at radius 3 is 1.30 bits per heavy atom. The quantitative estimate of drug-likeness (QED) is 0.184. The number of nitrogens with two attached hydrogens (primary N) is 1. The normalized spacial score (nSPS) is 11.1. The van der Waals surface area contributed by atoms with Crippen molar-refractivity contribution < 1.29 is 0 Å². The van der Waals surface area contributed by atoms with E-state index in [1.54, 1.807) is 0 Å². The van der Waals surface area contributed by atoms with Gasteiger partial charge in [-0.25, -0.2) is 0 Å². The first kappa shape index (κ1) is 28.2. The lowest BCUT2D eigenvalue weighted by molar-refractivity contribution is 1.29. The van der Waals surface area contributed by atoms with Gasteiger partial charge in [-0.1, -0.05) is 127 Å². The molecule has 0 atom stereocenters. The molecular formula is C44H33N3. The van der Waals surface area contributed by atoms with Gasteiger partial charge in [0, 0.05) is 44.8 Å². The smallest absolute Gasteiger partial charge is 0.0540 e. The zero-order valence-corrected chi connectivity index (χ0v) is 25.9. The maximum atomic E-state index is 6.87. The van der Waals surface area contributed by atoms with Crippen LogP contribution in [0.2, 0.25) is 0 Å². The van der Waals surface area contributed by atoms with Crippen LogP contribution in [-0.2, 0) is 0 Å². The second kappa shape index (κ2) is 12.2. The third kappa shape index (κ3) is 5.34. The minimum atomic E-state index is 0.727. The van der Waals surface area contributed by atoms with Gasteiger partial charge in [0.1, 0.15) is 0 Å². The maximum Gasteiger partial charge on any atom is 0.0540 e. The van der Waals surface area contributed by atoms with Crippen molar-refractivity contribution >= 4 is 61.4 Å². The third-order valence-corrected chi connectivity index (χ3v) is 8.77. The monoisotopic (exact) mass is 603 g/mol. The van der Waals surface area contributed by atoms with Crippen molar-refractivity contribution in [3.05, 3.63) is 188 Å². The van der Waals surface area contributed by atoms with E-state index in [0.29, 0.717) is 0 Å². The van der Waals surface area contributed by atoms with Crippen LogP contribution in [-0.4, -0.2) is 0 Å². The number of nitrogens with zero attached hydrogens (tertiary/aromatic N) is 2. The summed E-state index contributed by atoms with van der Waals surface area (Å²) in [4.78, 5) is 4.61. The van der Waals surface area contributed by atoms with Gasteiger partial charge in [-0.2, -0.15) is 0 Å². The first-order valence-corrected chi connectivity index (χ1v) is 15.9. The fourth-order valence-corrected chi connectivity index (χ4v) is 6.56. The molecule has 0 heterocycles. The predicted molar refractivity (Wildman–Crippen MR) is 201 cm³/mol. The number of para-hydroxylation sites is 2. The van der Waals surface area contributed by atoms with Gasteiger partial charge in [-0.15, -0.1) is 0 Å². The SMILES string of the molecule is Nc1cc(N(c2ccccc2)c2cccc3ccccc23)ccc1-c1ccc(N(c2ccccc2)c2cccc3ccccc23)cc1. The lowest BCUT2D eigenvalue weighted by Gasteiger charge is -2.28. The molecule has 0 aromatic heterocycles. The summed E-state index contributed by atoms with van der Waals surface area (Å²) in [7, 11) is 0. The number of benzene rings is 8. The number of hydrogen-bond acceptors (Lipinski definition) is 3. The van der Waals surface area contributed by atoms with Crippen LogP contribution in [0.15, 0.2) is 188 Å². The van der Waals surface area contributed by atoms with Crippen LogP contribution in [0.5, 0.6) is 0 Å². The molecule has 3 heteroatoms. The zero-order valence-electron chi connectivity index (χ0n) is 25.9. The standard InChI is InChI=1S/C44H33N3/c45-42-31-38(47(36-19-5-2-6-20-36)44-24-12-16-33-14-8-10-22-41(33)44)29-30-39(42)34-25-27-37(28-26-34)46(35-17-3-1-4-18-35)43-23-11-15-32-13-7-9-21-40(32)43/h1-31H,45H2. The summed E-state index contributed by atoms with van der Waals surface area (Å²) in [5.41, 5.74) is 16.2. The lowest BCUT2D eigenvalue weighted by Crippen LogP contribution is -2.11. The number of hydrogen-bond donors (Lipinski definition) is 1. The Hall–Kier alpha value is -6.32. The van der Waals surface area contributed by atoms with E-state index in [1.165, 1.54) is 21.5 Å². The van der Waals surface area contributed by atoms with E-state index >= 15 is 0 Å². The number of rotatable bonds is 7. The first-order chi connectivity index (χ1) is 23.2. The average Bonchev–Trinajstić information content (AvgIpc) is 3.13. The van der Waals surface area contributed by atoms with Crippen LogP contribution in [0.25, 0.3) is 32.7 Å². The number of anilines is 7. The highest BCUT2D eigenvalue weighted by Gasteiger charge is 2.18. The molecule has 0 unspecified atom stereocenters. The van der Waals surface area contributed by atoms with Crippen LogP contribution in [0, 0.1) is 0 Å². The molecule has 0 amide bonds. The highest BCUT2D eigenvalue weighted by molar-refractivity contribution is 6.00. The van der Waals surface area contributed by atoms with Crippen LogP contribution < -0.4 is 15.5 Å². The van der Waals surface area contributed by atoms with Gasteiger partial charge in [-0.3, -0.25) is 0 Å². The van der Waals surface area contributed by atoms with E-state index in [9.17, 15) is 0 Å². The molecule has 2 N–H and O–H groups in total. The van der Waals surface area contributed by atoms with Crippen molar-refractivity contribution in [2.75, 3.05) is 15.5 Å². The molecule has 0 radical (unpaired) electrons. The van der Waals surface area contributed by atoms with E-state index in [1.807, 2.05) is 6.07 Å². The van der Waals surface area contributed by atoms with Crippen LogP contribution in [0.4, 0.5) is 39.8 Å². The Balaban J connectivity index is 1.18. The van der Waals surface area contributed by atoms with Crippen molar-refractivity contribution in [1.82, 2.24) is 0 Å². The van der Waals surface area contributed by atoms with E-state index in [0.717, 1.165) is 50.9 Å². The molecule has 0 fully saturated rings.